The number of halogens is 1. The first-order valence-corrected chi connectivity index (χ1v) is 12.0. The van der Waals surface area contributed by atoms with Crippen LogP contribution in [-0.4, -0.2) is 70.2 Å². The summed E-state index contributed by atoms with van der Waals surface area (Å²) in [6.07, 6.45) is 1.04. The number of nitrogens with one attached hydrogen (secondary N) is 2. The third-order valence-corrected chi connectivity index (χ3v) is 5.99. The molecule has 2 N–H and O–H groups in total. The first-order valence-electron chi connectivity index (χ1n) is 9.75. The monoisotopic (exact) mass is 450 g/mol. The Labute approximate surface area is 183 Å². The molecular weight excluding hydrogens is 424 g/mol. The number of sulfonamides is 1. The van der Waals surface area contributed by atoms with Gasteiger partial charge in [0.2, 0.25) is 10.0 Å². The summed E-state index contributed by atoms with van der Waals surface area (Å²) >= 11 is 6.08. The average molecular weight is 451 g/mol. The Bertz CT molecular complexity index is 977. The van der Waals surface area contributed by atoms with Crippen molar-refractivity contribution in [2.75, 3.05) is 50.7 Å². The summed E-state index contributed by atoms with van der Waals surface area (Å²) in [4.78, 5) is 17.6. The molecular formula is C21H27ClN4O3S. The maximum absolute atomic E-state index is 13.0. The van der Waals surface area contributed by atoms with Gasteiger partial charge in [-0.1, -0.05) is 41.9 Å². The second-order valence-corrected chi connectivity index (χ2v) is 9.77. The van der Waals surface area contributed by atoms with E-state index in [-0.39, 0.29) is 22.7 Å². The van der Waals surface area contributed by atoms with Crippen LogP contribution < -0.4 is 10.0 Å². The summed E-state index contributed by atoms with van der Waals surface area (Å²) in [7, 11) is -1.40. The van der Waals surface area contributed by atoms with E-state index in [1.807, 2.05) is 30.3 Å². The van der Waals surface area contributed by atoms with E-state index in [0.29, 0.717) is 12.1 Å². The summed E-state index contributed by atoms with van der Waals surface area (Å²) in [6, 6.07) is 14.2. The molecule has 1 saturated heterocycles. The maximum atomic E-state index is 13.0. The highest BCUT2D eigenvalue weighted by Crippen LogP contribution is 2.24. The van der Waals surface area contributed by atoms with Crippen LogP contribution >= 0.6 is 11.6 Å². The first kappa shape index (κ1) is 22.6. The lowest BCUT2D eigenvalue weighted by molar-refractivity contribution is 0.0907. The normalized spacial score (nSPS) is 16.8. The fraction of sp³-hybridized carbons (Fsp3) is 0.381. The lowest BCUT2D eigenvalue weighted by atomic mass is 10.0. The summed E-state index contributed by atoms with van der Waals surface area (Å²) in [5, 5.41) is 3.33. The van der Waals surface area contributed by atoms with Gasteiger partial charge in [-0.05, 0) is 30.8 Å². The highest BCUT2D eigenvalue weighted by molar-refractivity contribution is 7.92. The van der Waals surface area contributed by atoms with Crippen LogP contribution in [0.3, 0.4) is 0 Å². The molecule has 0 bridgehead atoms. The number of hydrogen-bond donors (Lipinski definition) is 2. The minimum atomic E-state index is -3.51. The van der Waals surface area contributed by atoms with Crippen molar-refractivity contribution in [2.45, 2.75) is 6.04 Å². The zero-order valence-electron chi connectivity index (χ0n) is 17.1. The standard InChI is InChI=1S/C21H27ClN4O3S/c1-25-10-12-26(13-11-25)15-20(16-6-4-3-5-7-16)23-21(27)17-8-9-18(22)19(14-17)24-30(2,28)29/h3-9,14,20,24H,10-13,15H2,1-2H3,(H,23,27). The van der Waals surface area contributed by atoms with Crippen molar-refractivity contribution in [1.29, 1.82) is 0 Å². The molecule has 0 radical (unpaired) electrons. The molecule has 1 heterocycles. The zero-order chi connectivity index (χ0) is 21.7. The second-order valence-electron chi connectivity index (χ2n) is 7.61. The number of nitrogens with zero attached hydrogens (tertiary/aromatic N) is 2. The number of benzene rings is 2. The molecule has 1 amide bonds. The maximum Gasteiger partial charge on any atom is 0.251 e. The van der Waals surface area contributed by atoms with Crippen molar-refractivity contribution in [3.63, 3.8) is 0 Å². The number of carbonyl (C=O) groups is 1. The molecule has 0 spiro atoms. The van der Waals surface area contributed by atoms with E-state index in [4.69, 9.17) is 11.6 Å². The Balaban J connectivity index is 1.78. The van der Waals surface area contributed by atoms with Crippen molar-refractivity contribution in [3.8, 4) is 0 Å². The van der Waals surface area contributed by atoms with E-state index in [0.717, 1.165) is 38.0 Å². The van der Waals surface area contributed by atoms with E-state index < -0.39 is 10.0 Å². The molecule has 1 fully saturated rings. The van der Waals surface area contributed by atoms with Gasteiger partial charge in [0.05, 0.1) is 23.0 Å². The number of amides is 1. The third-order valence-electron chi connectivity index (χ3n) is 5.07. The molecule has 1 unspecified atom stereocenters. The fourth-order valence-corrected chi connectivity index (χ4v) is 4.18. The molecule has 1 aliphatic heterocycles. The summed E-state index contributed by atoms with van der Waals surface area (Å²) in [5.41, 5.74) is 1.54. The Morgan fingerprint density at radius 1 is 1.10 bits per heavy atom. The van der Waals surface area contributed by atoms with Gasteiger partial charge in [-0.15, -0.1) is 0 Å². The molecule has 3 rings (SSSR count). The SMILES string of the molecule is CN1CCN(CC(NC(=O)c2ccc(Cl)c(NS(C)(=O)=O)c2)c2ccccc2)CC1. The zero-order valence-corrected chi connectivity index (χ0v) is 18.7. The minimum absolute atomic E-state index is 0.183. The lowest BCUT2D eigenvalue weighted by Gasteiger charge is -2.35. The van der Waals surface area contributed by atoms with Gasteiger partial charge >= 0.3 is 0 Å². The van der Waals surface area contributed by atoms with Crippen LogP contribution in [0.25, 0.3) is 0 Å². The van der Waals surface area contributed by atoms with Crippen LogP contribution in [0, 0.1) is 0 Å². The van der Waals surface area contributed by atoms with E-state index in [9.17, 15) is 13.2 Å². The summed E-state index contributed by atoms with van der Waals surface area (Å²) in [5.74, 6) is -0.286. The fourth-order valence-electron chi connectivity index (χ4n) is 3.39. The highest BCUT2D eigenvalue weighted by atomic mass is 35.5. The van der Waals surface area contributed by atoms with Crippen molar-refractivity contribution in [2.24, 2.45) is 0 Å². The van der Waals surface area contributed by atoms with Gasteiger partial charge in [0.15, 0.2) is 0 Å². The minimum Gasteiger partial charge on any atom is -0.344 e. The topological polar surface area (TPSA) is 81.8 Å². The van der Waals surface area contributed by atoms with Gasteiger partial charge in [-0.3, -0.25) is 14.4 Å². The number of hydrogen-bond acceptors (Lipinski definition) is 5. The Hall–Kier alpha value is -2.13. The Morgan fingerprint density at radius 2 is 1.77 bits per heavy atom. The van der Waals surface area contributed by atoms with Gasteiger partial charge < -0.3 is 10.2 Å². The van der Waals surface area contributed by atoms with E-state index in [1.54, 1.807) is 6.07 Å². The van der Waals surface area contributed by atoms with Crippen molar-refractivity contribution >= 4 is 33.2 Å². The number of piperazine rings is 1. The number of anilines is 1. The van der Waals surface area contributed by atoms with Gasteiger partial charge in [0, 0.05) is 38.3 Å². The summed E-state index contributed by atoms with van der Waals surface area (Å²) < 4.78 is 25.5. The second kappa shape index (κ2) is 9.78. The largest absolute Gasteiger partial charge is 0.344 e. The Morgan fingerprint density at radius 3 is 2.40 bits per heavy atom. The third kappa shape index (κ3) is 6.43. The van der Waals surface area contributed by atoms with Crippen molar-refractivity contribution in [3.05, 3.63) is 64.7 Å². The number of likely N-dealkylation sites (N-methyl/N-ethyl adjacent to an activating group) is 1. The Kier molecular flexibility index (Phi) is 7.36. The van der Waals surface area contributed by atoms with Crippen LogP contribution in [0.5, 0.6) is 0 Å². The molecule has 0 aliphatic carbocycles. The van der Waals surface area contributed by atoms with Gasteiger partial charge in [0.1, 0.15) is 0 Å². The lowest BCUT2D eigenvalue weighted by Crippen LogP contribution is -2.47. The first-order chi connectivity index (χ1) is 14.2. The molecule has 30 heavy (non-hydrogen) atoms. The van der Waals surface area contributed by atoms with Crippen LogP contribution in [0.2, 0.25) is 5.02 Å². The molecule has 2 aromatic carbocycles. The van der Waals surface area contributed by atoms with Gasteiger partial charge in [-0.2, -0.15) is 0 Å². The van der Waals surface area contributed by atoms with E-state index >= 15 is 0 Å². The predicted octanol–water partition coefficient (Wildman–Crippen LogP) is 2.43. The number of carbonyl (C=O) groups excluding carboxylic acids is 1. The van der Waals surface area contributed by atoms with Crippen molar-refractivity contribution < 1.29 is 13.2 Å². The van der Waals surface area contributed by atoms with Gasteiger partial charge in [0.25, 0.3) is 5.91 Å². The van der Waals surface area contributed by atoms with Crippen molar-refractivity contribution in [1.82, 2.24) is 15.1 Å². The highest BCUT2D eigenvalue weighted by Gasteiger charge is 2.22. The summed E-state index contributed by atoms with van der Waals surface area (Å²) in [6.45, 7) is 4.57. The van der Waals surface area contributed by atoms with Crippen LogP contribution in [-0.2, 0) is 10.0 Å². The number of rotatable bonds is 7. The molecule has 0 aromatic heterocycles. The van der Waals surface area contributed by atoms with Crippen LogP contribution in [0.4, 0.5) is 5.69 Å². The molecule has 9 heteroatoms. The molecule has 1 aliphatic rings. The predicted molar refractivity (Wildman–Crippen MR) is 121 cm³/mol. The smallest absolute Gasteiger partial charge is 0.251 e. The molecule has 2 aromatic rings. The van der Waals surface area contributed by atoms with Gasteiger partial charge in [-0.25, -0.2) is 8.42 Å². The molecule has 1 atom stereocenters. The van der Waals surface area contributed by atoms with Crippen LogP contribution in [0.15, 0.2) is 48.5 Å². The molecule has 0 saturated carbocycles. The van der Waals surface area contributed by atoms with E-state index in [2.05, 4.69) is 26.9 Å². The molecule has 162 valence electrons. The quantitative estimate of drug-likeness (QED) is 0.677. The van der Waals surface area contributed by atoms with E-state index in [1.165, 1.54) is 12.1 Å². The van der Waals surface area contributed by atoms with Crippen LogP contribution in [0.1, 0.15) is 22.0 Å². The average Bonchev–Trinajstić information content (AvgIpc) is 2.70. The molecule has 7 nitrogen and oxygen atoms in total.